The molecular weight excluding hydrogens is 347 g/mol. The van der Waals surface area contributed by atoms with Gasteiger partial charge >= 0.3 is 0 Å². The largest absolute Gasteiger partial charge is 0.496 e. The summed E-state index contributed by atoms with van der Waals surface area (Å²) in [5.74, 6) is -1.40. The molecule has 2 heterocycles. The average Bonchev–Trinajstić information content (AvgIpc) is 3.23. The number of hydrogen-bond acceptors (Lipinski definition) is 5. The Morgan fingerprint density at radius 1 is 1.36 bits per heavy atom. The van der Waals surface area contributed by atoms with E-state index in [1.807, 2.05) is 0 Å². The van der Waals surface area contributed by atoms with Crippen LogP contribution in [0.3, 0.4) is 0 Å². The van der Waals surface area contributed by atoms with Crippen molar-refractivity contribution in [2.75, 3.05) is 12.4 Å². The molecule has 0 saturated carbocycles. The van der Waals surface area contributed by atoms with E-state index in [1.165, 1.54) is 30.6 Å². The van der Waals surface area contributed by atoms with E-state index < -0.39 is 17.6 Å². The summed E-state index contributed by atoms with van der Waals surface area (Å²) in [4.78, 5) is 30.5. The lowest BCUT2D eigenvalue weighted by Gasteiger charge is -2.07. The van der Waals surface area contributed by atoms with Gasteiger partial charge in [-0.15, -0.1) is 11.3 Å². The number of anilines is 1. The van der Waals surface area contributed by atoms with E-state index in [2.05, 4.69) is 15.3 Å². The summed E-state index contributed by atoms with van der Waals surface area (Å²) >= 11 is 1.20. The second-order valence-electron chi connectivity index (χ2n) is 5.00. The highest BCUT2D eigenvalue weighted by Gasteiger charge is 2.16. The molecule has 2 amide bonds. The first-order chi connectivity index (χ1) is 12.0. The molecule has 2 aromatic heterocycles. The average molecular weight is 360 g/mol. The summed E-state index contributed by atoms with van der Waals surface area (Å²) in [7, 11) is 1.40. The van der Waals surface area contributed by atoms with Crippen LogP contribution in [-0.2, 0) is 0 Å². The van der Waals surface area contributed by atoms with Crippen molar-refractivity contribution in [3.8, 4) is 17.0 Å². The Balaban J connectivity index is 1.80. The summed E-state index contributed by atoms with van der Waals surface area (Å²) in [5, 5.41) is 4.64. The molecule has 25 heavy (non-hydrogen) atoms. The summed E-state index contributed by atoms with van der Waals surface area (Å²) in [6, 6.07) is 5.24. The van der Waals surface area contributed by atoms with Gasteiger partial charge in [0, 0.05) is 17.1 Å². The molecule has 0 aliphatic heterocycles. The zero-order valence-electron chi connectivity index (χ0n) is 13.0. The van der Waals surface area contributed by atoms with Gasteiger partial charge in [-0.25, -0.2) is 9.37 Å². The number of primary amides is 1. The number of ether oxygens (including phenoxy) is 1. The van der Waals surface area contributed by atoms with Crippen molar-refractivity contribution in [1.82, 2.24) is 9.97 Å². The standard InChI is InChI=1S/C16H13FN4O3S/c1-24-13-3-2-9(17)5-10(13)15(23)21-16-20-12(7-25-16)8-4-11(14(18)22)19-6-8/h2-7,19H,1H3,(H2,18,22)(H,20,21,23). The summed E-state index contributed by atoms with van der Waals surface area (Å²) in [6.45, 7) is 0. The Kier molecular flexibility index (Phi) is 4.48. The Morgan fingerprint density at radius 3 is 2.84 bits per heavy atom. The first kappa shape index (κ1) is 16.7. The van der Waals surface area contributed by atoms with Crippen molar-refractivity contribution in [3.63, 3.8) is 0 Å². The van der Waals surface area contributed by atoms with E-state index >= 15 is 0 Å². The Bertz CT molecular complexity index is 951. The van der Waals surface area contributed by atoms with Crippen LogP contribution in [0.2, 0.25) is 0 Å². The molecule has 3 rings (SSSR count). The van der Waals surface area contributed by atoms with Gasteiger partial charge < -0.3 is 15.5 Å². The highest BCUT2D eigenvalue weighted by molar-refractivity contribution is 7.14. The molecule has 9 heteroatoms. The first-order valence-corrected chi connectivity index (χ1v) is 7.95. The topological polar surface area (TPSA) is 110 Å². The van der Waals surface area contributed by atoms with Crippen LogP contribution < -0.4 is 15.8 Å². The van der Waals surface area contributed by atoms with Crippen LogP contribution in [0.1, 0.15) is 20.8 Å². The maximum Gasteiger partial charge on any atom is 0.265 e. The third-order valence-electron chi connectivity index (χ3n) is 3.38. The molecular formula is C16H13FN4O3S. The minimum absolute atomic E-state index is 0.0666. The Hall–Kier alpha value is -3.20. The van der Waals surface area contributed by atoms with Gasteiger partial charge in [-0.1, -0.05) is 0 Å². The maximum atomic E-state index is 13.4. The number of nitrogens with zero attached hydrogens (tertiary/aromatic N) is 1. The zero-order valence-corrected chi connectivity index (χ0v) is 13.8. The van der Waals surface area contributed by atoms with Crippen molar-refractivity contribution in [1.29, 1.82) is 0 Å². The van der Waals surface area contributed by atoms with Crippen molar-refractivity contribution in [2.24, 2.45) is 5.73 Å². The van der Waals surface area contributed by atoms with Crippen molar-refractivity contribution in [2.45, 2.75) is 0 Å². The number of halogens is 1. The molecule has 0 spiro atoms. The molecule has 3 aromatic rings. The van der Waals surface area contributed by atoms with Crippen molar-refractivity contribution in [3.05, 3.63) is 52.9 Å². The van der Waals surface area contributed by atoms with Crippen molar-refractivity contribution >= 4 is 28.3 Å². The molecule has 0 aliphatic carbocycles. The van der Waals surface area contributed by atoms with Gasteiger partial charge in [0.15, 0.2) is 5.13 Å². The first-order valence-electron chi connectivity index (χ1n) is 7.07. The van der Waals surface area contributed by atoms with Gasteiger partial charge in [0.1, 0.15) is 17.3 Å². The number of carbonyl (C=O) groups is 2. The number of carbonyl (C=O) groups excluding carboxylic acids is 2. The van der Waals surface area contributed by atoms with E-state index in [1.54, 1.807) is 17.6 Å². The second-order valence-corrected chi connectivity index (χ2v) is 5.86. The van der Waals surface area contributed by atoms with Crippen LogP contribution in [0.15, 0.2) is 35.8 Å². The van der Waals surface area contributed by atoms with Gasteiger partial charge in [-0.3, -0.25) is 14.9 Å². The number of nitrogens with one attached hydrogen (secondary N) is 2. The molecule has 4 N–H and O–H groups in total. The minimum Gasteiger partial charge on any atom is -0.496 e. The Labute approximate surface area is 145 Å². The number of hydrogen-bond donors (Lipinski definition) is 3. The third kappa shape index (κ3) is 3.50. The second kappa shape index (κ2) is 6.73. The van der Waals surface area contributed by atoms with Crippen molar-refractivity contribution < 1.29 is 18.7 Å². The molecule has 1 aromatic carbocycles. The Morgan fingerprint density at radius 2 is 2.16 bits per heavy atom. The van der Waals surface area contributed by atoms with E-state index in [9.17, 15) is 14.0 Å². The van der Waals surface area contributed by atoms with Gasteiger partial charge in [0.25, 0.3) is 11.8 Å². The van der Waals surface area contributed by atoms with Crippen LogP contribution in [0.4, 0.5) is 9.52 Å². The highest BCUT2D eigenvalue weighted by Crippen LogP contribution is 2.27. The minimum atomic E-state index is -0.576. The fraction of sp³-hybridized carbons (Fsp3) is 0.0625. The highest BCUT2D eigenvalue weighted by atomic mass is 32.1. The molecule has 0 unspecified atom stereocenters. The lowest BCUT2D eigenvalue weighted by molar-refractivity contribution is 0.0993. The molecule has 128 valence electrons. The summed E-state index contributed by atoms with van der Waals surface area (Å²) in [6.07, 6.45) is 1.59. The van der Waals surface area contributed by atoms with Gasteiger partial charge in [-0.2, -0.15) is 0 Å². The number of benzene rings is 1. The number of methoxy groups -OCH3 is 1. The predicted molar refractivity (Wildman–Crippen MR) is 91.3 cm³/mol. The van der Waals surface area contributed by atoms with E-state index in [0.29, 0.717) is 16.4 Å². The molecule has 0 radical (unpaired) electrons. The molecule has 0 aliphatic rings. The maximum absolute atomic E-state index is 13.4. The smallest absolute Gasteiger partial charge is 0.265 e. The summed E-state index contributed by atoms with van der Waals surface area (Å²) < 4.78 is 18.5. The molecule has 0 bridgehead atoms. The van der Waals surface area contributed by atoms with E-state index in [4.69, 9.17) is 10.5 Å². The van der Waals surface area contributed by atoms with E-state index in [0.717, 1.165) is 6.07 Å². The molecule has 0 saturated heterocycles. The van der Waals surface area contributed by atoms with Gasteiger partial charge in [0.2, 0.25) is 0 Å². The van der Waals surface area contributed by atoms with Gasteiger partial charge in [0.05, 0.1) is 18.4 Å². The fourth-order valence-corrected chi connectivity index (χ4v) is 2.89. The monoisotopic (exact) mass is 360 g/mol. The van der Waals surface area contributed by atoms with Gasteiger partial charge in [-0.05, 0) is 24.3 Å². The van der Waals surface area contributed by atoms with Crippen LogP contribution in [0.25, 0.3) is 11.3 Å². The molecule has 0 fully saturated rings. The normalized spacial score (nSPS) is 10.5. The lowest BCUT2D eigenvalue weighted by atomic mass is 10.2. The van der Waals surface area contributed by atoms with Crippen LogP contribution in [0, 0.1) is 5.82 Å². The van der Waals surface area contributed by atoms with E-state index in [-0.39, 0.29) is 17.0 Å². The molecule has 7 nitrogen and oxygen atoms in total. The number of rotatable bonds is 5. The number of thiazole rings is 1. The molecule has 0 atom stereocenters. The van der Waals surface area contributed by atoms with Crippen LogP contribution in [-0.4, -0.2) is 28.9 Å². The number of aromatic nitrogens is 2. The van der Waals surface area contributed by atoms with Crippen LogP contribution >= 0.6 is 11.3 Å². The van der Waals surface area contributed by atoms with Crippen LogP contribution in [0.5, 0.6) is 5.75 Å². The number of nitrogens with two attached hydrogens (primary N) is 1. The zero-order chi connectivity index (χ0) is 18.0. The lowest BCUT2D eigenvalue weighted by Crippen LogP contribution is -2.13. The number of aromatic amines is 1. The third-order valence-corrected chi connectivity index (χ3v) is 4.13. The number of H-pyrrole nitrogens is 1. The number of amides is 2. The predicted octanol–water partition coefficient (Wildman–Crippen LogP) is 2.64. The quantitative estimate of drug-likeness (QED) is 0.649. The SMILES string of the molecule is COc1ccc(F)cc1C(=O)Nc1nc(-c2c[nH]c(C(N)=O)c2)cs1. The summed E-state index contributed by atoms with van der Waals surface area (Å²) in [5.41, 5.74) is 6.75. The fourth-order valence-electron chi connectivity index (χ4n) is 2.17.